The Morgan fingerprint density at radius 3 is 2.03 bits per heavy atom. The lowest BCUT2D eigenvalue weighted by Crippen LogP contribution is -2.45. The van der Waals surface area contributed by atoms with E-state index in [1.54, 1.807) is 11.1 Å². The standard InChI is InChI=1S/C26H48O3Si/c1-9-27-30(28-10-2,29-11-3)21-19-23(5)15-12-14-22(4)17-18-25-24(6)16-13-20-26(25,7)8/h14,19H,9-13,15-18,20-21H2,1-8H3/b22-14+,23-19+. The van der Waals surface area contributed by atoms with Crippen LogP contribution in [0.5, 0.6) is 0 Å². The quantitative estimate of drug-likeness (QED) is 0.204. The SMILES string of the molecule is CCO[Si](C/C=C(\C)CC/C=C(\C)CCC1=C(C)CCCC1(C)C)(OCC)OCC. The van der Waals surface area contributed by atoms with Gasteiger partial charge in [-0.1, -0.05) is 48.3 Å². The Bertz CT molecular complexity index is 584. The molecule has 4 heteroatoms. The lowest BCUT2D eigenvalue weighted by Gasteiger charge is -2.35. The third kappa shape index (κ3) is 9.21. The Balaban J connectivity index is 2.56. The lowest BCUT2D eigenvalue weighted by atomic mass is 9.71. The van der Waals surface area contributed by atoms with Crippen LogP contribution in [0, 0.1) is 5.41 Å². The van der Waals surface area contributed by atoms with E-state index in [0.717, 1.165) is 18.9 Å². The zero-order valence-electron chi connectivity index (χ0n) is 21.2. The van der Waals surface area contributed by atoms with Gasteiger partial charge in [0.15, 0.2) is 0 Å². The maximum Gasteiger partial charge on any atom is 0.504 e. The Labute approximate surface area is 188 Å². The minimum absolute atomic E-state index is 0.389. The molecule has 1 aliphatic carbocycles. The van der Waals surface area contributed by atoms with Crippen molar-refractivity contribution in [3.8, 4) is 0 Å². The molecule has 0 bridgehead atoms. The number of rotatable bonds is 14. The van der Waals surface area contributed by atoms with Crippen LogP contribution < -0.4 is 0 Å². The van der Waals surface area contributed by atoms with Crippen molar-refractivity contribution in [2.24, 2.45) is 5.41 Å². The fourth-order valence-corrected chi connectivity index (χ4v) is 7.08. The molecule has 1 aliphatic rings. The second-order valence-corrected chi connectivity index (χ2v) is 12.0. The molecule has 0 fully saturated rings. The molecular formula is C26H48O3Si. The number of hydrogen-bond acceptors (Lipinski definition) is 3. The highest BCUT2D eigenvalue weighted by molar-refractivity contribution is 6.61. The molecule has 0 heterocycles. The monoisotopic (exact) mass is 436 g/mol. The first-order valence-electron chi connectivity index (χ1n) is 12.1. The molecule has 0 radical (unpaired) electrons. The van der Waals surface area contributed by atoms with Gasteiger partial charge in [-0.15, -0.1) is 0 Å². The molecule has 3 nitrogen and oxygen atoms in total. The van der Waals surface area contributed by atoms with E-state index in [-0.39, 0.29) is 0 Å². The van der Waals surface area contributed by atoms with Crippen LogP contribution in [-0.4, -0.2) is 28.6 Å². The molecule has 174 valence electrons. The highest BCUT2D eigenvalue weighted by atomic mass is 28.4. The molecule has 0 unspecified atom stereocenters. The predicted molar refractivity (Wildman–Crippen MR) is 132 cm³/mol. The van der Waals surface area contributed by atoms with Gasteiger partial charge in [0, 0.05) is 25.9 Å². The molecule has 0 amide bonds. The van der Waals surface area contributed by atoms with Gasteiger partial charge in [0.05, 0.1) is 0 Å². The largest absolute Gasteiger partial charge is 0.504 e. The maximum absolute atomic E-state index is 5.95. The van der Waals surface area contributed by atoms with Crippen molar-refractivity contribution in [2.45, 2.75) is 106 Å². The molecular weight excluding hydrogens is 388 g/mol. The molecule has 0 spiro atoms. The van der Waals surface area contributed by atoms with Crippen LogP contribution >= 0.6 is 0 Å². The van der Waals surface area contributed by atoms with Gasteiger partial charge in [0.2, 0.25) is 0 Å². The van der Waals surface area contributed by atoms with Crippen LogP contribution in [0.25, 0.3) is 0 Å². The minimum Gasteiger partial charge on any atom is -0.374 e. The van der Waals surface area contributed by atoms with Gasteiger partial charge in [-0.3, -0.25) is 0 Å². The second kappa shape index (κ2) is 13.7. The lowest BCUT2D eigenvalue weighted by molar-refractivity contribution is 0.0742. The summed E-state index contributed by atoms with van der Waals surface area (Å²) in [6.45, 7) is 19.6. The van der Waals surface area contributed by atoms with Gasteiger partial charge < -0.3 is 13.3 Å². The van der Waals surface area contributed by atoms with Gasteiger partial charge in [0.25, 0.3) is 0 Å². The smallest absolute Gasteiger partial charge is 0.374 e. The third-order valence-corrected chi connectivity index (χ3v) is 9.17. The molecule has 0 saturated carbocycles. The van der Waals surface area contributed by atoms with Gasteiger partial charge >= 0.3 is 8.80 Å². The Morgan fingerprint density at radius 1 is 0.933 bits per heavy atom. The molecule has 0 aromatic rings. The zero-order valence-corrected chi connectivity index (χ0v) is 22.2. The minimum atomic E-state index is -2.57. The van der Waals surface area contributed by atoms with E-state index in [9.17, 15) is 0 Å². The third-order valence-electron chi connectivity index (χ3n) is 6.28. The summed E-state index contributed by atoms with van der Waals surface area (Å²) in [6, 6.07) is 0.763. The summed E-state index contributed by atoms with van der Waals surface area (Å²) in [5.74, 6) is 0. The molecule has 0 N–H and O–H groups in total. The molecule has 0 saturated heterocycles. The first-order valence-corrected chi connectivity index (χ1v) is 14.0. The van der Waals surface area contributed by atoms with E-state index in [0.29, 0.717) is 25.2 Å². The number of hydrogen-bond donors (Lipinski definition) is 0. The van der Waals surface area contributed by atoms with Crippen molar-refractivity contribution in [1.29, 1.82) is 0 Å². The average Bonchev–Trinajstić information content (AvgIpc) is 2.66. The second-order valence-electron chi connectivity index (χ2n) is 9.32. The highest BCUT2D eigenvalue weighted by Gasteiger charge is 2.39. The van der Waals surface area contributed by atoms with Crippen LogP contribution in [0.4, 0.5) is 0 Å². The topological polar surface area (TPSA) is 27.7 Å². The molecule has 0 aromatic heterocycles. The Morgan fingerprint density at radius 2 is 1.50 bits per heavy atom. The first kappa shape index (κ1) is 27.4. The predicted octanol–water partition coefficient (Wildman–Crippen LogP) is 8.01. The molecule has 0 aromatic carbocycles. The van der Waals surface area contributed by atoms with Gasteiger partial charge in [-0.05, 0) is 91.9 Å². The summed E-state index contributed by atoms with van der Waals surface area (Å²) >= 11 is 0. The van der Waals surface area contributed by atoms with Crippen LogP contribution in [0.2, 0.25) is 6.04 Å². The Kier molecular flexibility index (Phi) is 12.5. The van der Waals surface area contributed by atoms with Crippen molar-refractivity contribution in [1.82, 2.24) is 0 Å². The van der Waals surface area contributed by atoms with Gasteiger partial charge in [-0.2, -0.15) is 0 Å². The van der Waals surface area contributed by atoms with Crippen molar-refractivity contribution >= 4 is 8.80 Å². The summed E-state index contributed by atoms with van der Waals surface area (Å²) in [7, 11) is -2.57. The summed E-state index contributed by atoms with van der Waals surface area (Å²) < 4.78 is 17.9. The fourth-order valence-electron chi connectivity index (χ4n) is 4.56. The number of allylic oxidation sites excluding steroid dienone is 6. The van der Waals surface area contributed by atoms with Crippen LogP contribution in [-0.2, 0) is 13.3 Å². The van der Waals surface area contributed by atoms with E-state index in [4.69, 9.17) is 13.3 Å². The van der Waals surface area contributed by atoms with Crippen LogP contribution in [0.3, 0.4) is 0 Å². The average molecular weight is 437 g/mol. The fraction of sp³-hybridized carbons (Fsp3) is 0.769. The van der Waals surface area contributed by atoms with E-state index in [1.165, 1.54) is 43.3 Å². The van der Waals surface area contributed by atoms with Crippen molar-refractivity contribution in [3.63, 3.8) is 0 Å². The molecule has 0 atom stereocenters. The first-order chi connectivity index (χ1) is 14.2. The highest BCUT2D eigenvalue weighted by Crippen LogP contribution is 2.42. The van der Waals surface area contributed by atoms with E-state index < -0.39 is 8.80 Å². The van der Waals surface area contributed by atoms with E-state index in [1.807, 2.05) is 20.8 Å². The normalized spacial score (nSPS) is 18.3. The van der Waals surface area contributed by atoms with E-state index in [2.05, 4.69) is 46.8 Å². The summed E-state index contributed by atoms with van der Waals surface area (Å²) in [5.41, 5.74) is 6.65. The molecule has 30 heavy (non-hydrogen) atoms. The molecule has 0 aliphatic heterocycles. The van der Waals surface area contributed by atoms with Gasteiger partial charge in [-0.25, -0.2) is 0 Å². The zero-order chi connectivity index (χ0) is 22.6. The Hall–Kier alpha value is -0.683. The summed E-state index contributed by atoms with van der Waals surface area (Å²) in [5, 5.41) is 0. The summed E-state index contributed by atoms with van der Waals surface area (Å²) in [4.78, 5) is 0. The maximum atomic E-state index is 5.95. The molecule has 1 rings (SSSR count). The van der Waals surface area contributed by atoms with Crippen molar-refractivity contribution in [3.05, 3.63) is 34.4 Å². The van der Waals surface area contributed by atoms with Gasteiger partial charge in [0.1, 0.15) is 0 Å². The van der Waals surface area contributed by atoms with Crippen LogP contribution in [0.1, 0.15) is 100 Å². The summed E-state index contributed by atoms with van der Waals surface area (Å²) in [6.07, 6.45) is 13.3. The van der Waals surface area contributed by atoms with E-state index >= 15 is 0 Å². The van der Waals surface area contributed by atoms with Crippen molar-refractivity contribution < 1.29 is 13.3 Å². The van der Waals surface area contributed by atoms with Crippen LogP contribution in [0.15, 0.2) is 34.4 Å². The van der Waals surface area contributed by atoms with Crippen molar-refractivity contribution in [2.75, 3.05) is 19.8 Å².